The van der Waals surface area contributed by atoms with Gasteiger partial charge in [-0.2, -0.15) is 0 Å². The minimum atomic E-state index is -1.00. The second kappa shape index (κ2) is 6.60. The largest absolute Gasteiger partial charge is 0.455 e. The summed E-state index contributed by atoms with van der Waals surface area (Å²) in [6.07, 6.45) is 9.01. The monoisotopic (exact) mass is 483 g/mol. The lowest BCUT2D eigenvalue weighted by molar-refractivity contribution is -0.292. The van der Waals surface area contributed by atoms with Crippen molar-refractivity contribution in [1.82, 2.24) is 0 Å². The van der Waals surface area contributed by atoms with Gasteiger partial charge in [0.2, 0.25) is 0 Å². The summed E-state index contributed by atoms with van der Waals surface area (Å²) >= 11 is 0. The number of hydrogen-bond donors (Lipinski definition) is 2. The molecule has 2 bridgehead atoms. The van der Waals surface area contributed by atoms with Crippen molar-refractivity contribution in [3.05, 3.63) is 0 Å². The van der Waals surface area contributed by atoms with Gasteiger partial charge in [-0.25, -0.2) is 0 Å². The highest BCUT2D eigenvalue weighted by Gasteiger charge is 2.84. The van der Waals surface area contributed by atoms with Gasteiger partial charge in [-0.15, -0.1) is 0 Å². The normalized spacial score (nSPS) is 55.6. The first kappa shape index (κ1) is 24.1. The first-order valence-electron chi connectivity index (χ1n) is 14.1. The molecular formula is C30H45NO4. The summed E-state index contributed by atoms with van der Waals surface area (Å²) in [6, 6.07) is 0. The van der Waals surface area contributed by atoms with Gasteiger partial charge in [0.05, 0.1) is 16.9 Å². The van der Waals surface area contributed by atoms with E-state index in [0.717, 1.165) is 51.4 Å². The van der Waals surface area contributed by atoms with Crippen molar-refractivity contribution in [3.63, 3.8) is 0 Å². The number of carbonyl (C=O) groups is 2. The van der Waals surface area contributed by atoms with E-state index in [2.05, 4.69) is 41.5 Å². The zero-order valence-electron chi connectivity index (χ0n) is 22.6. The summed E-state index contributed by atoms with van der Waals surface area (Å²) in [5.41, 5.74) is -2.77. The van der Waals surface area contributed by atoms with Crippen molar-refractivity contribution < 1.29 is 19.4 Å². The number of fused-ring (bicyclic) bond motifs is 4. The predicted octanol–water partition coefficient (Wildman–Crippen LogP) is 5.72. The number of rotatable bonds is 1. The van der Waals surface area contributed by atoms with Gasteiger partial charge in [0.15, 0.2) is 5.60 Å². The van der Waals surface area contributed by atoms with Crippen LogP contribution in [0, 0.1) is 55.7 Å². The number of aliphatic hydroxyl groups is 1. The Kier molecular flexibility index (Phi) is 4.55. The van der Waals surface area contributed by atoms with E-state index in [9.17, 15) is 14.7 Å². The molecular weight excluding hydrogens is 438 g/mol. The molecule has 35 heavy (non-hydrogen) atoms. The Bertz CT molecular complexity index is 1020. The molecule has 0 amide bonds. The van der Waals surface area contributed by atoms with Crippen molar-refractivity contribution in [3.8, 4) is 0 Å². The Morgan fingerprint density at radius 2 is 1.60 bits per heavy atom. The highest BCUT2D eigenvalue weighted by molar-refractivity contribution is 5.86. The maximum Gasteiger partial charge on any atom is 0.313 e. The van der Waals surface area contributed by atoms with Gasteiger partial charge in [0, 0.05) is 24.0 Å². The molecule has 5 saturated carbocycles. The topological polar surface area (TPSA) is 87.4 Å². The van der Waals surface area contributed by atoms with E-state index in [1.165, 1.54) is 0 Å². The zero-order valence-corrected chi connectivity index (χ0v) is 22.6. The van der Waals surface area contributed by atoms with Gasteiger partial charge in [-0.1, -0.05) is 41.5 Å². The van der Waals surface area contributed by atoms with E-state index >= 15 is 0 Å². The van der Waals surface area contributed by atoms with E-state index in [-0.39, 0.29) is 45.4 Å². The molecule has 6 fully saturated rings. The number of Topliss-reactive ketones (excluding diaryl/α,β-unsaturated/α-hetero) is 1. The minimum Gasteiger partial charge on any atom is -0.455 e. The van der Waals surface area contributed by atoms with Crippen molar-refractivity contribution in [2.75, 3.05) is 0 Å². The van der Waals surface area contributed by atoms with Gasteiger partial charge in [0.1, 0.15) is 5.78 Å². The second-order valence-corrected chi connectivity index (χ2v) is 15.3. The van der Waals surface area contributed by atoms with Crippen molar-refractivity contribution >= 4 is 18.0 Å². The fourth-order valence-corrected chi connectivity index (χ4v) is 11.6. The summed E-state index contributed by atoms with van der Waals surface area (Å²) < 4.78 is 6.56. The SMILES string of the molecule is CC1(C)CC[C@@]23CC[C@]4(C=N)[C@@](OC2=O)(C3C1)[C@@H](O)CC1[C@@]2(C)CCC(=O)C(C)(C)C2CC[C@]14C. The summed E-state index contributed by atoms with van der Waals surface area (Å²) in [7, 11) is 0. The maximum absolute atomic E-state index is 13.7. The Morgan fingerprint density at radius 1 is 0.914 bits per heavy atom. The Labute approximate surface area is 210 Å². The molecule has 1 spiro atoms. The highest BCUT2D eigenvalue weighted by atomic mass is 16.6. The lowest BCUT2D eigenvalue weighted by Gasteiger charge is -2.73. The van der Waals surface area contributed by atoms with Gasteiger partial charge >= 0.3 is 5.97 Å². The average molecular weight is 484 g/mol. The number of nitrogens with one attached hydrogen (secondary N) is 1. The van der Waals surface area contributed by atoms with Crippen LogP contribution in [0.3, 0.4) is 0 Å². The molecule has 0 radical (unpaired) electrons. The van der Waals surface area contributed by atoms with Crippen molar-refractivity contribution in [1.29, 1.82) is 5.41 Å². The second-order valence-electron chi connectivity index (χ2n) is 15.3. The molecule has 0 aromatic carbocycles. The minimum absolute atomic E-state index is 0.0377. The number of hydrogen-bond acceptors (Lipinski definition) is 5. The van der Waals surface area contributed by atoms with Gasteiger partial charge < -0.3 is 15.3 Å². The third-order valence-corrected chi connectivity index (χ3v) is 13.5. The molecule has 0 aromatic heterocycles. The number of ether oxygens (including phenoxy) is 1. The highest BCUT2D eigenvalue weighted by Crippen LogP contribution is 2.80. The molecule has 3 unspecified atom stereocenters. The van der Waals surface area contributed by atoms with Crippen molar-refractivity contribution in [2.45, 2.75) is 117 Å². The molecule has 9 atom stereocenters. The third-order valence-electron chi connectivity index (χ3n) is 13.5. The van der Waals surface area contributed by atoms with Gasteiger partial charge in [-0.3, -0.25) is 9.59 Å². The lowest BCUT2D eigenvalue weighted by Crippen LogP contribution is -2.77. The zero-order chi connectivity index (χ0) is 25.4. The molecule has 5 heteroatoms. The summed E-state index contributed by atoms with van der Waals surface area (Å²) in [6.45, 7) is 13.6. The summed E-state index contributed by atoms with van der Waals surface area (Å²) in [5, 5.41) is 21.2. The first-order valence-corrected chi connectivity index (χ1v) is 14.1. The lowest BCUT2D eigenvalue weighted by atomic mass is 9.30. The molecule has 5 aliphatic carbocycles. The van der Waals surface area contributed by atoms with E-state index < -0.39 is 22.5 Å². The van der Waals surface area contributed by atoms with Crippen LogP contribution in [-0.2, 0) is 14.3 Å². The summed E-state index contributed by atoms with van der Waals surface area (Å²) in [5.74, 6) is 0.693. The number of carbonyl (C=O) groups excluding carboxylic acids is 2. The smallest absolute Gasteiger partial charge is 0.313 e. The molecule has 6 aliphatic rings. The van der Waals surface area contributed by atoms with E-state index in [0.29, 0.717) is 18.6 Å². The number of aliphatic hydroxyl groups excluding tert-OH is 1. The Hall–Kier alpha value is -1.23. The third kappa shape index (κ3) is 2.40. The quantitative estimate of drug-likeness (QED) is 0.369. The molecule has 5 nitrogen and oxygen atoms in total. The standard InChI is InChI=1S/C30H45NO4/c1-24(2)11-12-28-13-14-29(17-31)27(6)10-7-18-25(3,4)21(32)8-9-26(18,5)19(27)15-22(33)30(29,20(28)16-24)35-23(28)34/h17-20,22,31,33H,7-16H2,1-6H3/t18?,19?,20?,22-,26-,27+,28-,29+,30+/m0/s1. The van der Waals surface area contributed by atoms with E-state index in [4.69, 9.17) is 10.1 Å². The molecule has 194 valence electrons. The fourth-order valence-electron chi connectivity index (χ4n) is 11.6. The van der Waals surface area contributed by atoms with Crippen LogP contribution in [-0.4, -0.2) is 34.8 Å². The fraction of sp³-hybridized carbons (Fsp3) is 0.900. The number of esters is 1. The molecule has 0 aromatic rings. The predicted molar refractivity (Wildman–Crippen MR) is 134 cm³/mol. The van der Waals surface area contributed by atoms with Crippen LogP contribution in [0.1, 0.15) is 106 Å². The van der Waals surface area contributed by atoms with Crippen LogP contribution < -0.4 is 0 Å². The maximum atomic E-state index is 13.7. The van der Waals surface area contributed by atoms with Crippen LogP contribution >= 0.6 is 0 Å². The Morgan fingerprint density at radius 3 is 2.29 bits per heavy atom. The van der Waals surface area contributed by atoms with Crippen LogP contribution in [0.2, 0.25) is 0 Å². The Balaban J connectivity index is 1.53. The summed E-state index contributed by atoms with van der Waals surface area (Å²) in [4.78, 5) is 26.7. The molecule has 1 heterocycles. The first-order chi connectivity index (χ1) is 16.2. The van der Waals surface area contributed by atoms with Crippen molar-refractivity contribution in [2.24, 2.45) is 50.2 Å². The van der Waals surface area contributed by atoms with E-state index in [1.54, 1.807) is 6.21 Å². The molecule has 6 rings (SSSR count). The van der Waals surface area contributed by atoms with Gasteiger partial charge in [-0.05, 0) is 85.9 Å². The number of ketones is 1. The van der Waals surface area contributed by atoms with Crippen LogP contribution in [0.5, 0.6) is 0 Å². The molecule has 1 saturated heterocycles. The average Bonchev–Trinajstić information content (AvgIpc) is 2.95. The van der Waals surface area contributed by atoms with Crippen LogP contribution in [0.15, 0.2) is 0 Å². The van der Waals surface area contributed by atoms with Crippen LogP contribution in [0.4, 0.5) is 0 Å². The molecule has 2 N–H and O–H groups in total. The van der Waals surface area contributed by atoms with Crippen LogP contribution in [0.25, 0.3) is 0 Å². The van der Waals surface area contributed by atoms with Gasteiger partial charge in [0.25, 0.3) is 0 Å². The molecule has 1 aliphatic heterocycles. The van der Waals surface area contributed by atoms with E-state index in [1.807, 2.05) is 0 Å².